The Morgan fingerprint density at radius 3 is 2.46 bits per heavy atom. The Kier molecular flexibility index (Phi) is 5.90. The normalized spacial score (nSPS) is 10.7. The Morgan fingerprint density at radius 2 is 1.77 bits per heavy atom. The van der Waals surface area contributed by atoms with Crippen molar-refractivity contribution in [2.24, 2.45) is 0 Å². The van der Waals surface area contributed by atoms with Gasteiger partial charge in [0.2, 0.25) is 5.91 Å². The van der Waals surface area contributed by atoms with E-state index in [4.69, 9.17) is 12.2 Å². The molecule has 3 rings (SSSR count). The zero-order valence-electron chi connectivity index (χ0n) is 14.8. The number of amides is 1. The molecule has 0 fully saturated rings. The van der Waals surface area contributed by atoms with Crippen molar-refractivity contribution in [1.82, 2.24) is 9.78 Å². The molecule has 0 bridgehead atoms. The van der Waals surface area contributed by atoms with Crippen LogP contribution in [0.4, 0.5) is 5.69 Å². The summed E-state index contributed by atoms with van der Waals surface area (Å²) in [6.45, 7) is 6.01. The Balaban J connectivity index is 1.69. The first kappa shape index (κ1) is 18.8. The lowest BCUT2D eigenvalue weighted by Gasteiger charge is -2.10. The van der Waals surface area contributed by atoms with Gasteiger partial charge in [0, 0.05) is 5.69 Å². The molecule has 0 saturated carbocycles. The van der Waals surface area contributed by atoms with Crippen molar-refractivity contribution in [1.29, 1.82) is 0 Å². The van der Waals surface area contributed by atoms with Crippen LogP contribution in [0.5, 0.6) is 0 Å². The van der Waals surface area contributed by atoms with E-state index in [9.17, 15) is 4.79 Å². The van der Waals surface area contributed by atoms with E-state index in [2.05, 4.69) is 10.4 Å². The van der Waals surface area contributed by atoms with Crippen LogP contribution in [0, 0.1) is 24.7 Å². The minimum Gasteiger partial charge on any atom is -0.325 e. The molecule has 1 aromatic heterocycles. The minimum absolute atomic E-state index is 0.0454. The van der Waals surface area contributed by atoms with E-state index in [-0.39, 0.29) is 5.91 Å². The number of para-hydroxylation sites is 2. The van der Waals surface area contributed by atoms with Gasteiger partial charge in [0.05, 0.1) is 11.4 Å². The molecule has 3 aromatic rings. The van der Waals surface area contributed by atoms with Crippen LogP contribution in [0.3, 0.4) is 0 Å². The molecule has 1 N–H and O–H groups in total. The lowest BCUT2D eigenvalue weighted by molar-refractivity contribution is -0.113. The number of aromatic nitrogens is 2. The van der Waals surface area contributed by atoms with Crippen LogP contribution in [0.2, 0.25) is 0 Å². The maximum Gasteiger partial charge on any atom is 0.234 e. The predicted molar refractivity (Wildman–Crippen MR) is 112 cm³/mol. The second kappa shape index (κ2) is 8.16. The summed E-state index contributed by atoms with van der Waals surface area (Å²) in [5, 5.41) is 7.56. The van der Waals surface area contributed by atoms with Gasteiger partial charge in [0.15, 0.2) is 8.29 Å². The van der Waals surface area contributed by atoms with E-state index in [0.29, 0.717) is 9.71 Å². The molecule has 1 amide bonds. The maximum absolute atomic E-state index is 12.3. The average molecular weight is 402 g/mol. The van der Waals surface area contributed by atoms with Crippen molar-refractivity contribution >= 4 is 46.9 Å². The number of carbonyl (C=O) groups excluding carboxylic acids is 1. The van der Waals surface area contributed by atoms with Gasteiger partial charge in [-0.25, -0.2) is 4.68 Å². The van der Waals surface area contributed by atoms with Gasteiger partial charge in [-0.15, -0.1) is 5.10 Å². The highest BCUT2D eigenvalue weighted by atomic mass is 32.2. The molecule has 0 spiro atoms. The van der Waals surface area contributed by atoms with Gasteiger partial charge < -0.3 is 5.32 Å². The van der Waals surface area contributed by atoms with Crippen molar-refractivity contribution in [2.45, 2.75) is 25.1 Å². The second-order valence-corrected chi connectivity index (χ2v) is 8.78. The molecule has 0 radical (unpaired) electrons. The van der Waals surface area contributed by atoms with Crippen LogP contribution in [-0.2, 0) is 4.79 Å². The quantitative estimate of drug-likeness (QED) is 0.464. The molecular formula is C19H19N3OS3. The molecule has 4 nitrogen and oxygen atoms in total. The Morgan fingerprint density at radius 1 is 1.12 bits per heavy atom. The molecule has 7 heteroatoms. The molecule has 26 heavy (non-hydrogen) atoms. The monoisotopic (exact) mass is 401 g/mol. The van der Waals surface area contributed by atoms with Gasteiger partial charge in [-0.05, 0) is 55.7 Å². The number of hydrogen-bond acceptors (Lipinski definition) is 5. The first-order valence-electron chi connectivity index (χ1n) is 8.11. The summed E-state index contributed by atoms with van der Waals surface area (Å²) in [6, 6.07) is 13.9. The third-order valence-corrected chi connectivity index (χ3v) is 6.31. The highest BCUT2D eigenvalue weighted by molar-refractivity contribution is 8.01. The van der Waals surface area contributed by atoms with Crippen LogP contribution in [0.1, 0.15) is 16.7 Å². The number of thioether (sulfide) groups is 1. The van der Waals surface area contributed by atoms with Crippen molar-refractivity contribution in [3.05, 3.63) is 63.1 Å². The van der Waals surface area contributed by atoms with Crippen molar-refractivity contribution in [3.8, 4) is 5.69 Å². The zero-order valence-corrected chi connectivity index (χ0v) is 17.2. The van der Waals surface area contributed by atoms with Gasteiger partial charge in [-0.1, -0.05) is 59.5 Å². The van der Waals surface area contributed by atoms with Crippen molar-refractivity contribution in [3.63, 3.8) is 0 Å². The number of carbonyl (C=O) groups is 1. The highest BCUT2D eigenvalue weighted by Crippen LogP contribution is 2.26. The van der Waals surface area contributed by atoms with E-state index < -0.39 is 0 Å². The molecule has 0 aliphatic heterocycles. The topological polar surface area (TPSA) is 46.9 Å². The smallest absolute Gasteiger partial charge is 0.234 e. The van der Waals surface area contributed by atoms with Crippen LogP contribution >= 0.6 is 35.3 Å². The fourth-order valence-corrected chi connectivity index (χ4v) is 4.73. The van der Waals surface area contributed by atoms with E-state index in [1.807, 2.05) is 63.2 Å². The Bertz CT molecular complexity index is 987. The summed E-state index contributed by atoms with van der Waals surface area (Å²) in [4.78, 5) is 12.3. The summed E-state index contributed by atoms with van der Waals surface area (Å²) in [5.74, 6) is 0.250. The molecule has 2 aromatic carbocycles. The number of benzene rings is 2. The standard InChI is InChI=1S/C19H19N3OS3/c1-12-7-4-5-10-15(12)22-19(24)26-18(21-22)25-11-16(23)20-17-13(2)8-6-9-14(17)3/h4-10H,11H2,1-3H3,(H,20,23). The van der Waals surface area contributed by atoms with Gasteiger partial charge in [0.1, 0.15) is 0 Å². The van der Waals surface area contributed by atoms with Crippen molar-refractivity contribution < 1.29 is 4.79 Å². The fraction of sp³-hybridized carbons (Fsp3) is 0.211. The SMILES string of the molecule is Cc1ccccc1-n1nc(SCC(=O)Nc2c(C)cccc2C)sc1=S. The van der Waals surface area contributed by atoms with Gasteiger partial charge >= 0.3 is 0 Å². The Labute approximate surface area is 166 Å². The minimum atomic E-state index is -0.0454. The summed E-state index contributed by atoms with van der Waals surface area (Å²) in [7, 11) is 0. The summed E-state index contributed by atoms with van der Waals surface area (Å²) >= 11 is 8.26. The molecule has 0 saturated heterocycles. The predicted octanol–water partition coefficient (Wildman–Crippen LogP) is 5.32. The molecule has 0 aliphatic rings. The van der Waals surface area contributed by atoms with Crippen LogP contribution in [-0.4, -0.2) is 21.4 Å². The number of nitrogens with one attached hydrogen (secondary N) is 1. The lowest BCUT2D eigenvalue weighted by atomic mass is 10.1. The zero-order chi connectivity index (χ0) is 18.7. The Hall–Kier alpha value is -1.96. The van der Waals surface area contributed by atoms with E-state index >= 15 is 0 Å². The van der Waals surface area contributed by atoms with Crippen LogP contribution in [0.15, 0.2) is 46.8 Å². The average Bonchev–Trinajstić information content (AvgIpc) is 2.97. The molecule has 134 valence electrons. The number of anilines is 1. The summed E-state index contributed by atoms with van der Waals surface area (Å²) in [6.07, 6.45) is 0. The van der Waals surface area contributed by atoms with Gasteiger partial charge in [0.25, 0.3) is 0 Å². The second-order valence-electron chi connectivity index (χ2n) is 5.94. The molecular weight excluding hydrogens is 382 g/mol. The highest BCUT2D eigenvalue weighted by Gasteiger charge is 2.12. The van der Waals surface area contributed by atoms with Gasteiger partial charge in [-0.3, -0.25) is 4.79 Å². The lowest BCUT2D eigenvalue weighted by Crippen LogP contribution is -2.15. The number of nitrogens with zero attached hydrogens (tertiary/aromatic N) is 2. The third kappa shape index (κ3) is 4.23. The molecule has 0 unspecified atom stereocenters. The summed E-state index contributed by atoms with van der Waals surface area (Å²) in [5.41, 5.74) is 5.08. The van der Waals surface area contributed by atoms with E-state index in [0.717, 1.165) is 32.4 Å². The fourth-order valence-electron chi connectivity index (χ4n) is 2.59. The summed E-state index contributed by atoms with van der Waals surface area (Å²) < 4.78 is 3.23. The van der Waals surface area contributed by atoms with Crippen LogP contribution < -0.4 is 5.32 Å². The van der Waals surface area contributed by atoms with E-state index in [1.54, 1.807) is 4.68 Å². The first-order valence-corrected chi connectivity index (χ1v) is 10.3. The number of rotatable bonds is 5. The molecule has 0 aliphatic carbocycles. The van der Waals surface area contributed by atoms with E-state index in [1.165, 1.54) is 23.1 Å². The van der Waals surface area contributed by atoms with Crippen LogP contribution in [0.25, 0.3) is 5.69 Å². The number of hydrogen-bond donors (Lipinski definition) is 1. The number of aryl methyl sites for hydroxylation is 3. The largest absolute Gasteiger partial charge is 0.325 e. The van der Waals surface area contributed by atoms with Gasteiger partial charge in [-0.2, -0.15) is 0 Å². The molecule has 0 atom stereocenters. The van der Waals surface area contributed by atoms with Crippen molar-refractivity contribution in [2.75, 3.05) is 11.1 Å². The molecule has 1 heterocycles. The maximum atomic E-state index is 12.3. The first-order chi connectivity index (χ1) is 12.5. The third-order valence-electron chi connectivity index (χ3n) is 3.95.